The topological polar surface area (TPSA) is 47.6 Å². The molecular weight excluding hydrogens is 200 g/mol. The fraction of sp³-hybridized carbons (Fsp3) is 0.923. The van der Waals surface area contributed by atoms with Crippen LogP contribution in [0.15, 0.2) is 4.99 Å². The maximum absolute atomic E-state index is 5.71. The Morgan fingerprint density at radius 1 is 1.44 bits per heavy atom. The number of aliphatic imine (C=N–C) groups is 1. The Bertz CT molecular complexity index is 288. The Morgan fingerprint density at radius 3 is 2.50 bits per heavy atom. The maximum atomic E-state index is 5.71. The number of nitrogens with two attached hydrogens (primary N) is 1. The molecule has 3 nitrogen and oxygen atoms in total. The minimum Gasteiger partial charge on any atom is -0.457 e. The zero-order valence-corrected chi connectivity index (χ0v) is 10.8. The van der Waals surface area contributed by atoms with E-state index >= 15 is 0 Å². The molecule has 2 N–H and O–H groups in total. The monoisotopic (exact) mass is 224 g/mol. The standard InChI is InChI=1S/C13H24N2O/c1-4-12(2,3)10-5-7-13(8-6-10)9-15-11(14)16-13/h10H,4-9H2,1-3H3,(H2,14,15). The summed E-state index contributed by atoms with van der Waals surface area (Å²) in [6.45, 7) is 7.84. The fourth-order valence-electron chi connectivity index (χ4n) is 2.98. The summed E-state index contributed by atoms with van der Waals surface area (Å²) >= 11 is 0. The first-order chi connectivity index (χ1) is 7.47. The molecular formula is C13H24N2O. The van der Waals surface area contributed by atoms with Crippen LogP contribution in [-0.4, -0.2) is 18.2 Å². The molecule has 0 aromatic heterocycles. The zero-order chi connectivity index (χ0) is 11.8. The molecule has 0 radical (unpaired) electrons. The Labute approximate surface area is 98.5 Å². The number of rotatable bonds is 2. The summed E-state index contributed by atoms with van der Waals surface area (Å²) in [5.74, 6) is 0.827. The van der Waals surface area contributed by atoms with Gasteiger partial charge in [0.05, 0.1) is 6.54 Å². The Balaban J connectivity index is 1.93. The van der Waals surface area contributed by atoms with Crippen molar-refractivity contribution in [3.05, 3.63) is 0 Å². The van der Waals surface area contributed by atoms with Gasteiger partial charge in [0, 0.05) is 0 Å². The molecule has 0 unspecified atom stereocenters. The Morgan fingerprint density at radius 2 is 2.06 bits per heavy atom. The van der Waals surface area contributed by atoms with Crippen molar-refractivity contribution < 1.29 is 4.74 Å². The molecule has 0 atom stereocenters. The van der Waals surface area contributed by atoms with E-state index in [2.05, 4.69) is 25.8 Å². The van der Waals surface area contributed by atoms with E-state index in [1.807, 2.05) is 0 Å². The van der Waals surface area contributed by atoms with E-state index in [-0.39, 0.29) is 5.60 Å². The van der Waals surface area contributed by atoms with Crippen LogP contribution in [0.1, 0.15) is 52.9 Å². The van der Waals surface area contributed by atoms with E-state index in [0.29, 0.717) is 11.4 Å². The molecule has 3 heteroatoms. The lowest BCUT2D eigenvalue weighted by Gasteiger charge is -2.42. The number of nitrogens with zero attached hydrogens (tertiary/aromatic N) is 1. The molecule has 1 fully saturated rings. The second-order valence-electron chi connectivity index (χ2n) is 6.06. The van der Waals surface area contributed by atoms with E-state index in [1.165, 1.54) is 19.3 Å². The third-order valence-electron chi connectivity index (χ3n) is 4.76. The van der Waals surface area contributed by atoms with Gasteiger partial charge in [-0.05, 0) is 37.0 Å². The summed E-state index contributed by atoms with van der Waals surface area (Å²) in [5, 5.41) is 0. The van der Waals surface area contributed by atoms with Gasteiger partial charge >= 0.3 is 0 Å². The summed E-state index contributed by atoms with van der Waals surface area (Å²) in [6, 6.07) is 0.396. The molecule has 1 aliphatic heterocycles. The van der Waals surface area contributed by atoms with Gasteiger partial charge in [0.25, 0.3) is 6.02 Å². The predicted molar refractivity (Wildman–Crippen MR) is 66.3 cm³/mol. The van der Waals surface area contributed by atoms with Crippen LogP contribution in [0.25, 0.3) is 0 Å². The molecule has 0 bridgehead atoms. The fourth-order valence-corrected chi connectivity index (χ4v) is 2.98. The van der Waals surface area contributed by atoms with Crippen molar-refractivity contribution in [1.29, 1.82) is 0 Å². The van der Waals surface area contributed by atoms with Crippen LogP contribution in [0.5, 0.6) is 0 Å². The third kappa shape index (κ3) is 2.04. The Hall–Kier alpha value is -0.730. The highest BCUT2D eigenvalue weighted by Crippen LogP contribution is 2.45. The Kier molecular flexibility index (Phi) is 2.89. The van der Waals surface area contributed by atoms with Crippen molar-refractivity contribution in [3.8, 4) is 0 Å². The van der Waals surface area contributed by atoms with E-state index in [4.69, 9.17) is 10.5 Å². The SMILES string of the molecule is CCC(C)(C)C1CCC2(CC1)CN=C(N)O2. The van der Waals surface area contributed by atoms with Gasteiger partial charge in [-0.15, -0.1) is 0 Å². The van der Waals surface area contributed by atoms with Gasteiger partial charge < -0.3 is 10.5 Å². The smallest absolute Gasteiger partial charge is 0.282 e. The van der Waals surface area contributed by atoms with E-state index < -0.39 is 0 Å². The average Bonchev–Trinajstić information content (AvgIpc) is 2.61. The van der Waals surface area contributed by atoms with E-state index in [0.717, 1.165) is 25.3 Å². The minimum atomic E-state index is -0.0373. The number of ether oxygens (including phenoxy) is 1. The molecule has 92 valence electrons. The predicted octanol–water partition coefficient (Wildman–Crippen LogP) is 2.70. The van der Waals surface area contributed by atoms with E-state index in [1.54, 1.807) is 0 Å². The van der Waals surface area contributed by atoms with Crippen LogP contribution in [0.3, 0.4) is 0 Å². The largest absolute Gasteiger partial charge is 0.457 e. The molecule has 1 heterocycles. The van der Waals surface area contributed by atoms with Gasteiger partial charge in [0.15, 0.2) is 0 Å². The summed E-state index contributed by atoms with van der Waals surface area (Å²) < 4.78 is 5.71. The maximum Gasteiger partial charge on any atom is 0.282 e. The lowest BCUT2D eigenvalue weighted by Crippen LogP contribution is -2.41. The summed E-state index contributed by atoms with van der Waals surface area (Å²) in [6.07, 6.45) is 5.99. The van der Waals surface area contributed by atoms with Crippen LogP contribution in [0.4, 0.5) is 0 Å². The summed E-state index contributed by atoms with van der Waals surface area (Å²) in [4.78, 5) is 4.19. The first-order valence-corrected chi connectivity index (χ1v) is 6.46. The normalized spacial score (nSPS) is 34.9. The van der Waals surface area contributed by atoms with Gasteiger partial charge in [-0.2, -0.15) is 0 Å². The molecule has 1 aliphatic carbocycles. The van der Waals surface area contributed by atoms with Gasteiger partial charge in [-0.3, -0.25) is 0 Å². The van der Waals surface area contributed by atoms with Gasteiger partial charge in [0.2, 0.25) is 0 Å². The highest BCUT2D eigenvalue weighted by molar-refractivity contribution is 5.73. The van der Waals surface area contributed by atoms with Crippen molar-refractivity contribution in [2.75, 3.05) is 6.54 Å². The first kappa shape index (κ1) is 11.7. The van der Waals surface area contributed by atoms with E-state index in [9.17, 15) is 0 Å². The first-order valence-electron chi connectivity index (χ1n) is 6.46. The number of amidine groups is 1. The molecule has 2 aliphatic rings. The highest BCUT2D eigenvalue weighted by atomic mass is 16.5. The van der Waals surface area contributed by atoms with Gasteiger partial charge in [-0.25, -0.2) is 4.99 Å². The van der Waals surface area contributed by atoms with Gasteiger partial charge in [0.1, 0.15) is 5.60 Å². The molecule has 1 saturated carbocycles. The third-order valence-corrected chi connectivity index (χ3v) is 4.76. The van der Waals surface area contributed by atoms with Crippen molar-refractivity contribution in [2.45, 2.75) is 58.5 Å². The molecule has 16 heavy (non-hydrogen) atoms. The van der Waals surface area contributed by atoms with Crippen molar-refractivity contribution in [2.24, 2.45) is 22.1 Å². The molecule has 2 rings (SSSR count). The lowest BCUT2D eigenvalue weighted by molar-refractivity contribution is 0.00400. The van der Waals surface area contributed by atoms with Crippen LogP contribution < -0.4 is 5.73 Å². The summed E-state index contributed by atoms with van der Waals surface area (Å²) in [7, 11) is 0. The molecule has 0 saturated heterocycles. The van der Waals surface area contributed by atoms with Crippen molar-refractivity contribution >= 4 is 6.02 Å². The molecule has 0 aromatic carbocycles. The van der Waals surface area contributed by atoms with Crippen LogP contribution in [0, 0.1) is 11.3 Å². The highest BCUT2D eigenvalue weighted by Gasteiger charge is 2.43. The van der Waals surface area contributed by atoms with Crippen LogP contribution in [0.2, 0.25) is 0 Å². The van der Waals surface area contributed by atoms with Crippen LogP contribution in [-0.2, 0) is 4.74 Å². The van der Waals surface area contributed by atoms with Crippen LogP contribution >= 0.6 is 0 Å². The van der Waals surface area contributed by atoms with Crippen molar-refractivity contribution in [3.63, 3.8) is 0 Å². The molecule has 0 aromatic rings. The van der Waals surface area contributed by atoms with Gasteiger partial charge in [-0.1, -0.05) is 27.2 Å². The minimum absolute atomic E-state index is 0.0373. The quantitative estimate of drug-likeness (QED) is 0.784. The lowest BCUT2D eigenvalue weighted by atomic mass is 9.66. The molecule has 0 amide bonds. The number of hydrogen-bond donors (Lipinski definition) is 1. The summed E-state index contributed by atoms with van der Waals surface area (Å²) in [5.41, 5.74) is 6.04. The average molecular weight is 224 g/mol. The second-order valence-corrected chi connectivity index (χ2v) is 6.06. The molecule has 1 spiro atoms. The number of hydrogen-bond acceptors (Lipinski definition) is 3. The zero-order valence-electron chi connectivity index (χ0n) is 10.8. The second kappa shape index (κ2) is 3.94. The van der Waals surface area contributed by atoms with Crippen molar-refractivity contribution in [1.82, 2.24) is 0 Å².